The molecular weight excluding hydrogens is 574 g/mol. The van der Waals surface area contributed by atoms with Gasteiger partial charge in [0.05, 0.1) is 36.3 Å². The number of rotatable bonds is 13. The number of carbonyl (C=O) groups excluding carboxylic acids is 3. The van der Waals surface area contributed by atoms with E-state index in [0.717, 1.165) is 18.4 Å². The van der Waals surface area contributed by atoms with E-state index in [1.807, 2.05) is 49.4 Å². The molecule has 3 unspecified atom stereocenters. The third-order valence-corrected chi connectivity index (χ3v) is 11.6. The predicted octanol–water partition coefficient (Wildman–Crippen LogP) is 4.71. The first-order chi connectivity index (χ1) is 21.3. The van der Waals surface area contributed by atoms with Crippen LogP contribution in [0.4, 0.5) is 5.69 Å². The first-order valence-electron chi connectivity index (χ1n) is 15.4. The number of likely N-dealkylation sites (tertiary alicyclic amines) is 1. The zero-order chi connectivity index (χ0) is 31.6. The van der Waals surface area contributed by atoms with Gasteiger partial charge in [0.2, 0.25) is 11.8 Å². The van der Waals surface area contributed by atoms with Crippen LogP contribution < -0.4 is 9.64 Å². The van der Waals surface area contributed by atoms with Crippen LogP contribution in [0.3, 0.4) is 0 Å². The number of thioether (sulfide) groups is 1. The molecule has 0 radical (unpaired) electrons. The van der Waals surface area contributed by atoms with Crippen molar-refractivity contribution < 1.29 is 24.2 Å². The van der Waals surface area contributed by atoms with E-state index in [1.165, 1.54) is 0 Å². The monoisotopic (exact) mass is 617 g/mol. The Balaban J connectivity index is 1.66. The lowest BCUT2D eigenvalue weighted by Gasteiger charge is -2.42. The minimum atomic E-state index is -0.902. The number of benzene rings is 2. The Morgan fingerprint density at radius 2 is 1.80 bits per heavy atom. The molecule has 44 heavy (non-hydrogen) atoms. The van der Waals surface area contributed by atoms with Crippen molar-refractivity contribution in [3.05, 3.63) is 85.5 Å². The fraction of sp³-hybridized carbons (Fsp3) is 0.457. The van der Waals surface area contributed by atoms with Crippen molar-refractivity contribution >= 4 is 35.2 Å². The van der Waals surface area contributed by atoms with E-state index in [0.29, 0.717) is 24.5 Å². The van der Waals surface area contributed by atoms with Crippen molar-refractivity contribution in [1.29, 1.82) is 0 Å². The van der Waals surface area contributed by atoms with Gasteiger partial charge in [0.25, 0.3) is 5.91 Å². The van der Waals surface area contributed by atoms with E-state index in [2.05, 4.69) is 20.1 Å². The standard InChI is InChI=1S/C35H43N3O5S/c1-6-18-36(19-7-2)32(40)29-28-21-23(4)35(44-28)30(29)33(41)38(27(22-39)24-12-10-9-11-13-24)31(35)34(42)37(20-8-3)25-14-16-26(43-5)17-15-25/h6,8-17,23,27-31,39H,1,3,7,18-22H2,2,4-5H3/t23?,27-,28-,29+,30+,31?,35?/m1/s1. The summed E-state index contributed by atoms with van der Waals surface area (Å²) < 4.78 is 4.51. The number of anilines is 1. The quantitative estimate of drug-likeness (QED) is 0.328. The van der Waals surface area contributed by atoms with E-state index >= 15 is 4.79 Å². The van der Waals surface area contributed by atoms with Crippen LogP contribution >= 0.6 is 11.8 Å². The third-order valence-electron chi connectivity index (χ3n) is 9.51. The fourth-order valence-electron chi connectivity index (χ4n) is 7.68. The molecule has 9 heteroatoms. The molecule has 3 amide bonds. The van der Waals surface area contributed by atoms with Crippen LogP contribution in [0.2, 0.25) is 0 Å². The lowest BCUT2D eigenvalue weighted by atomic mass is 9.65. The zero-order valence-electron chi connectivity index (χ0n) is 25.8. The highest BCUT2D eigenvalue weighted by Gasteiger charge is 2.77. The normalized spacial score (nSPS) is 27.5. The van der Waals surface area contributed by atoms with Crippen LogP contribution in [0, 0.1) is 17.8 Å². The van der Waals surface area contributed by atoms with Gasteiger partial charge in [-0.3, -0.25) is 14.4 Å². The molecule has 0 aromatic heterocycles. The first kappa shape index (κ1) is 31.9. The number of fused-ring (bicyclic) bond motifs is 1. The second kappa shape index (κ2) is 13.2. The summed E-state index contributed by atoms with van der Waals surface area (Å²) in [6, 6.07) is 14.9. The Morgan fingerprint density at radius 3 is 2.39 bits per heavy atom. The number of amides is 3. The van der Waals surface area contributed by atoms with E-state index in [-0.39, 0.29) is 42.0 Å². The maximum Gasteiger partial charge on any atom is 0.251 e. The molecule has 0 aliphatic carbocycles. The van der Waals surface area contributed by atoms with Gasteiger partial charge in [-0.2, -0.15) is 0 Å². The van der Waals surface area contributed by atoms with Crippen LogP contribution in [-0.4, -0.2) is 82.0 Å². The molecule has 2 aromatic carbocycles. The SMILES string of the molecule is C=CCN(CCC)C(=O)[C@@H]1[C@H]2C(=O)N([C@H](CO)c3ccccc3)C(C(=O)N(CC=C)c3ccc(OC)cc3)C23S[C@@H]1CC3C. The van der Waals surface area contributed by atoms with Crippen molar-refractivity contribution in [2.24, 2.45) is 17.8 Å². The van der Waals surface area contributed by atoms with Gasteiger partial charge in [0, 0.05) is 30.6 Å². The van der Waals surface area contributed by atoms with Gasteiger partial charge < -0.3 is 24.5 Å². The predicted molar refractivity (Wildman–Crippen MR) is 174 cm³/mol. The lowest BCUT2D eigenvalue weighted by Crippen LogP contribution is -2.58. The number of ether oxygens (including phenoxy) is 1. The van der Waals surface area contributed by atoms with Crippen molar-refractivity contribution in [2.75, 3.05) is 38.3 Å². The minimum Gasteiger partial charge on any atom is -0.497 e. The topological polar surface area (TPSA) is 90.4 Å². The minimum absolute atomic E-state index is 0.00922. The summed E-state index contributed by atoms with van der Waals surface area (Å²) in [4.78, 5) is 49.2. The van der Waals surface area contributed by atoms with Crippen molar-refractivity contribution in [1.82, 2.24) is 9.80 Å². The van der Waals surface area contributed by atoms with Gasteiger partial charge in [-0.05, 0) is 48.6 Å². The Kier molecular flexibility index (Phi) is 9.56. The van der Waals surface area contributed by atoms with Gasteiger partial charge in [-0.25, -0.2) is 0 Å². The van der Waals surface area contributed by atoms with Crippen LogP contribution in [0.1, 0.15) is 38.3 Å². The average molecular weight is 618 g/mol. The summed E-state index contributed by atoms with van der Waals surface area (Å²) in [6.07, 6.45) is 4.92. The van der Waals surface area contributed by atoms with E-state index < -0.39 is 28.7 Å². The number of methoxy groups -OCH3 is 1. The molecule has 2 bridgehead atoms. The Morgan fingerprint density at radius 1 is 1.11 bits per heavy atom. The number of nitrogens with zero attached hydrogens (tertiary/aromatic N) is 3. The van der Waals surface area contributed by atoms with Crippen LogP contribution in [0.25, 0.3) is 0 Å². The molecule has 3 heterocycles. The maximum atomic E-state index is 15.0. The van der Waals surface area contributed by atoms with Gasteiger partial charge in [-0.15, -0.1) is 24.9 Å². The summed E-state index contributed by atoms with van der Waals surface area (Å²) >= 11 is 1.64. The largest absolute Gasteiger partial charge is 0.497 e. The summed E-state index contributed by atoms with van der Waals surface area (Å²) in [5, 5.41) is 10.8. The van der Waals surface area contributed by atoms with E-state index in [1.54, 1.807) is 57.9 Å². The van der Waals surface area contributed by atoms with Crippen LogP contribution in [-0.2, 0) is 14.4 Å². The fourth-order valence-corrected chi connectivity index (χ4v) is 10.1. The van der Waals surface area contributed by atoms with Crippen molar-refractivity contribution in [3.63, 3.8) is 0 Å². The highest BCUT2D eigenvalue weighted by molar-refractivity contribution is 8.02. The highest BCUT2D eigenvalue weighted by Crippen LogP contribution is 2.69. The molecule has 2 aromatic rings. The zero-order valence-corrected chi connectivity index (χ0v) is 26.6. The summed E-state index contributed by atoms with van der Waals surface area (Å²) in [6.45, 7) is 12.8. The highest BCUT2D eigenvalue weighted by atomic mass is 32.2. The first-order valence-corrected chi connectivity index (χ1v) is 16.3. The molecule has 3 fully saturated rings. The molecule has 3 saturated heterocycles. The summed E-state index contributed by atoms with van der Waals surface area (Å²) in [5.74, 6) is -1.13. The molecule has 1 N–H and O–H groups in total. The number of hydrogen-bond acceptors (Lipinski definition) is 6. The second-order valence-electron chi connectivity index (χ2n) is 11.9. The van der Waals surface area contributed by atoms with E-state index in [4.69, 9.17) is 4.74 Å². The number of aliphatic hydroxyl groups is 1. The van der Waals surface area contributed by atoms with Gasteiger partial charge >= 0.3 is 0 Å². The maximum absolute atomic E-state index is 15.0. The average Bonchev–Trinajstić information content (AvgIpc) is 3.64. The van der Waals surface area contributed by atoms with Crippen LogP contribution in [0.15, 0.2) is 79.9 Å². The molecule has 8 nitrogen and oxygen atoms in total. The molecule has 234 valence electrons. The van der Waals surface area contributed by atoms with Crippen molar-refractivity contribution in [2.45, 2.75) is 48.8 Å². The second-order valence-corrected chi connectivity index (χ2v) is 13.5. The Labute approximate surface area is 264 Å². The third kappa shape index (κ3) is 5.13. The molecule has 3 aliphatic heterocycles. The number of carbonyl (C=O) groups is 3. The molecule has 7 atom stereocenters. The van der Waals surface area contributed by atoms with Crippen LogP contribution in [0.5, 0.6) is 5.75 Å². The number of aliphatic hydroxyl groups excluding tert-OH is 1. The summed E-state index contributed by atoms with van der Waals surface area (Å²) in [7, 11) is 1.59. The van der Waals surface area contributed by atoms with Gasteiger partial charge in [0.15, 0.2) is 0 Å². The van der Waals surface area contributed by atoms with E-state index in [9.17, 15) is 14.7 Å². The summed E-state index contributed by atoms with van der Waals surface area (Å²) in [5.41, 5.74) is 1.40. The smallest absolute Gasteiger partial charge is 0.251 e. The van der Waals surface area contributed by atoms with Crippen molar-refractivity contribution in [3.8, 4) is 5.75 Å². The molecular formula is C35H43N3O5S. The molecule has 1 spiro atoms. The molecule has 0 saturated carbocycles. The lowest BCUT2D eigenvalue weighted by molar-refractivity contribution is -0.145. The molecule has 3 aliphatic rings. The Bertz CT molecular complexity index is 1380. The Hall–Kier alpha value is -3.56. The molecule has 5 rings (SSSR count). The number of hydrogen-bond donors (Lipinski definition) is 1. The van der Waals surface area contributed by atoms with Gasteiger partial charge in [0.1, 0.15) is 11.8 Å². The van der Waals surface area contributed by atoms with Gasteiger partial charge in [-0.1, -0.05) is 56.3 Å².